The van der Waals surface area contributed by atoms with E-state index < -0.39 is 0 Å². The molecule has 0 aromatic heterocycles. The van der Waals surface area contributed by atoms with Crippen LogP contribution in [0.2, 0.25) is 0 Å². The third-order valence-electron chi connectivity index (χ3n) is 4.94. The van der Waals surface area contributed by atoms with E-state index in [1.54, 1.807) is 0 Å². The maximum atomic E-state index is 5.95. The minimum absolute atomic E-state index is 0.423. The van der Waals surface area contributed by atoms with Gasteiger partial charge in [0.1, 0.15) is 0 Å². The monoisotopic (exact) mass is 268 g/mol. The largest absolute Gasteiger partial charge is 0.374 e. The van der Waals surface area contributed by atoms with Crippen LogP contribution in [0.25, 0.3) is 0 Å². The predicted octanol–water partition coefficient (Wildman–Crippen LogP) is 2.46. The number of morpholine rings is 1. The third kappa shape index (κ3) is 4.44. The molecule has 0 amide bonds. The highest BCUT2D eigenvalue weighted by atomic mass is 16.5. The van der Waals surface area contributed by atoms with Crippen molar-refractivity contribution in [1.82, 2.24) is 9.80 Å². The van der Waals surface area contributed by atoms with Gasteiger partial charge in [-0.2, -0.15) is 0 Å². The van der Waals surface area contributed by atoms with Crippen molar-refractivity contribution in [2.24, 2.45) is 11.8 Å². The second-order valence-electron chi connectivity index (χ2n) is 6.96. The Hall–Kier alpha value is -0.120. The molecule has 0 aromatic rings. The lowest BCUT2D eigenvalue weighted by atomic mass is 9.86. The first-order valence-electron chi connectivity index (χ1n) is 8.14. The van der Waals surface area contributed by atoms with E-state index >= 15 is 0 Å². The summed E-state index contributed by atoms with van der Waals surface area (Å²) in [6.07, 6.45) is 3.17. The van der Waals surface area contributed by atoms with Crippen molar-refractivity contribution in [3.63, 3.8) is 0 Å². The number of nitrogens with zero attached hydrogens (tertiary/aromatic N) is 2. The fourth-order valence-corrected chi connectivity index (χ4v) is 3.41. The second-order valence-corrected chi connectivity index (χ2v) is 6.96. The van der Waals surface area contributed by atoms with Crippen LogP contribution in [0.3, 0.4) is 0 Å². The predicted molar refractivity (Wildman–Crippen MR) is 80.5 cm³/mol. The lowest BCUT2D eigenvalue weighted by molar-refractivity contribution is -0.0557. The maximum Gasteiger partial charge on any atom is 0.0829 e. The molecular formula is C16H32N2O. The molecule has 1 atom stereocenters. The average Bonchev–Trinajstić information content (AvgIpc) is 2.39. The van der Waals surface area contributed by atoms with E-state index in [1.165, 1.54) is 25.9 Å². The van der Waals surface area contributed by atoms with Crippen molar-refractivity contribution in [2.75, 3.05) is 39.3 Å². The SMILES string of the molecule is CC(C)C1CCN(C[C@H]2CN(C(C)C)CCO2)CC1. The van der Waals surface area contributed by atoms with Crippen molar-refractivity contribution in [3.8, 4) is 0 Å². The quantitative estimate of drug-likeness (QED) is 0.779. The van der Waals surface area contributed by atoms with E-state index in [0.29, 0.717) is 12.1 Å². The molecule has 2 aliphatic rings. The molecule has 0 radical (unpaired) electrons. The summed E-state index contributed by atoms with van der Waals surface area (Å²) in [5.74, 6) is 1.79. The molecule has 112 valence electrons. The molecule has 0 aliphatic carbocycles. The van der Waals surface area contributed by atoms with Gasteiger partial charge in [-0.05, 0) is 51.6 Å². The van der Waals surface area contributed by atoms with Gasteiger partial charge in [-0.3, -0.25) is 4.90 Å². The van der Waals surface area contributed by atoms with Gasteiger partial charge < -0.3 is 9.64 Å². The van der Waals surface area contributed by atoms with E-state index in [4.69, 9.17) is 4.74 Å². The summed E-state index contributed by atoms with van der Waals surface area (Å²) in [4.78, 5) is 5.17. The number of hydrogen-bond donors (Lipinski definition) is 0. The molecule has 0 unspecified atom stereocenters. The Kier molecular flexibility index (Phi) is 5.67. The first kappa shape index (κ1) is 15.3. The first-order chi connectivity index (χ1) is 9.06. The van der Waals surface area contributed by atoms with E-state index in [9.17, 15) is 0 Å². The maximum absolute atomic E-state index is 5.95. The molecule has 3 nitrogen and oxygen atoms in total. The second kappa shape index (κ2) is 7.05. The number of rotatable bonds is 4. The van der Waals surface area contributed by atoms with Crippen molar-refractivity contribution < 1.29 is 4.74 Å². The molecule has 2 saturated heterocycles. The number of piperidine rings is 1. The van der Waals surface area contributed by atoms with Gasteiger partial charge in [0.25, 0.3) is 0 Å². The van der Waals surface area contributed by atoms with Gasteiger partial charge in [-0.1, -0.05) is 13.8 Å². The molecule has 0 saturated carbocycles. The van der Waals surface area contributed by atoms with Crippen molar-refractivity contribution in [2.45, 2.75) is 52.7 Å². The molecule has 2 fully saturated rings. The van der Waals surface area contributed by atoms with Gasteiger partial charge in [-0.15, -0.1) is 0 Å². The highest BCUT2D eigenvalue weighted by molar-refractivity contribution is 4.80. The molecule has 0 bridgehead atoms. The van der Waals surface area contributed by atoms with Crippen LogP contribution in [0.4, 0.5) is 0 Å². The lowest BCUT2D eigenvalue weighted by Crippen LogP contribution is -2.50. The molecule has 3 heteroatoms. The number of hydrogen-bond acceptors (Lipinski definition) is 3. The molecule has 2 aliphatic heterocycles. The highest BCUT2D eigenvalue weighted by Crippen LogP contribution is 2.24. The van der Waals surface area contributed by atoms with Crippen LogP contribution in [0.15, 0.2) is 0 Å². The summed E-state index contributed by atoms with van der Waals surface area (Å²) >= 11 is 0. The molecular weight excluding hydrogens is 236 g/mol. The minimum atomic E-state index is 0.423. The first-order valence-corrected chi connectivity index (χ1v) is 8.14. The summed E-state index contributed by atoms with van der Waals surface area (Å²) in [5.41, 5.74) is 0. The van der Waals surface area contributed by atoms with E-state index in [-0.39, 0.29) is 0 Å². The summed E-state index contributed by atoms with van der Waals surface area (Å²) in [7, 11) is 0. The van der Waals surface area contributed by atoms with E-state index in [1.807, 2.05) is 0 Å². The lowest BCUT2D eigenvalue weighted by Gasteiger charge is -2.40. The Morgan fingerprint density at radius 1 is 1.05 bits per heavy atom. The van der Waals surface area contributed by atoms with E-state index in [2.05, 4.69) is 37.5 Å². The van der Waals surface area contributed by atoms with Gasteiger partial charge in [0.15, 0.2) is 0 Å². The molecule has 2 rings (SSSR count). The summed E-state index contributed by atoms with van der Waals surface area (Å²) < 4.78 is 5.95. The topological polar surface area (TPSA) is 15.7 Å². The Balaban J connectivity index is 1.73. The fourth-order valence-electron chi connectivity index (χ4n) is 3.41. The highest BCUT2D eigenvalue weighted by Gasteiger charge is 2.27. The Bertz CT molecular complexity index is 259. The van der Waals surface area contributed by atoms with Crippen LogP contribution >= 0.6 is 0 Å². The van der Waals surface area contributed by atoms with Crippen molar-refractivity contribution in [3.05, 3.63) is 0 Å². The molecule has 0 N–H and O–H groups in total. The van der Waals surface area contributed by atoms with Gasteiger partial charge in [0, 0.05) is 25.7 Å². The van der Waals surface area contributed by atoms with Crippen LogP contribution in [-0.2, 0) is 4.74 Å². The van der Waals surface area contributed by atoms with Gasteiger partial charge >= 0.3 is 0 Å². The average molecular weight is 268 g/mol. The van der Waals surface area contributed by atoms with Gasteiger partial charge in [0.2, 0.25) is 0 Å². The number of likely N-dealkylation sites (tertiary alicyclic amines) is 1. The Morgan fingerprint density at radius 2 is 1.74 bits per heavy atom. The van der Waals surface area contributed by atoms with Crippen LogP contribution in [0.1, 0.15) is 40.5 Å². The zero-order chi connectivity index (χ0) is 13.8. The third-order valence-corrected chi connectivity index (χ3v) is 4.94. The zero-order valence-corrected chi connectivity index (χ0v) is 13.3. The Morgan fingerprint density at radius 3 is 2.32 bits per heavy atom. The van der Waals surface area contributed by atoms with Crippen LogP contribution < -0.4 is 0 Å². The zero-order valence-electron chi connectivity index (χ0n) is 13.3. The fraction of sp³-hybridized carbons (Fsp3) is 1.00. The minimum Gasteiger partial charge on any atom is -0.374 e. The Labute approximate surface area is 119 Å². The molecule has 0 spiro atoms. The van der Waals surface area contributed by atoms with Crippen LogP contribution in [0.5, 0.6) is 0 Å². The van der Waals surface area contributed by atoms with Gasteiger partial charge in [-0.25, -0.2) is 0 Å². The van der Waals surface area contributed by atoms with Crippen molar-refractivity contribution in [1.29, 1.82) is 0 Å². The number of ether oxygens (including phenoxy) is 1. The molecule has 19 heavy (non-hydrogen) atoms. The van der Waals surface area contributed by atoms with E-state index in [0.717, 1.165) is 38.1 Å². The van der Waals surface area contributed by atoms with Gasteiger partial charge in [0.05, 0.1) is 12.7 Å². The van der Waals surface area contributed by atoms with Crippen LogP contribution in [-0.4, -0.2) is 61.3 Å². The smallest absolute Gasteiger partial charge is 0.0829 e. The van der Waals surface area contributed by atoms with Crippen molar-refractivity contribution >= 4 is 0 Å². The summed E-state index contributed by atoms with van der Waals surface area (Å²) in [5, 5.41) is 0. The summed E-state index contributed by atoms with van der Waals surface area (Å²) in [6, 6.07) is 0.651. The normalized spacial score (nSPS) is 28.4. The van der Waals surface area contributed by atoms with Crippen LogP contribution in [0, 0.1) is 11.8 Å². The molecule has 0 aromatic carbocycles. The molecule has 2 heterocycles. The standard InChI is InChI=1S/C16H32N2O/c1-13(2)15-5-7-17(8-6-15)11-16-12-18(14(3)4)9-10-19-16/h13-16H,5-12H2,1-4H3/t16-/m0/s1. The summed E-state index contributed by atoms with van der Waals surface area (Å²) in [6.45, 7) is 16.1.